The first-order chi connectivity index (χ1) is 13.8. The Bertz CT molecular complexity index is 974. The van der Waals surface area contributed by atoms with Crippen molar-refractivity contribution in [3.63, 3.8) is 0 Å². The summed E-state index contributed by atoms with van der Waals surface area (Å²) >= 11 is 0. The second-order valence-corrected chi connectivity index (χ2v) is 9.69. The largest absolute Gasteiger partial charge is 0.393 e. The van der Waals surface area contributed by atoms with Crippen LogP contribution >= 0.6 is 0 Å². The molecule has 4 bridgehead atoms. The maximum Gasteiger partial charge on any atom is 0.298 e. The van der Waals surface area contributed by atoms with Gasteiger partial charge in [-0.05, 0) is 55.9 Å². The molecule has 29 heavy (non-hydrogen) atoms. The molecular formula is C22H23F3N2O2. The van der Waals surface area contributed by atoms with Gasteiger partial charge in [0.05, 0.1) is 24.3 Å². The number of imidazole rings is 1. The Kier molecular flexibility index (Phi) is 3.49. The quantitative estimate of drug-likeness (QED) is 0.819. The fourth-order valence-corrected chi connectivity index (χ4v) is 7.23. The molecule has 1 aromatic heterocycles. The van der Waals surface area contributed by atoms with E-state index in [0.717, 1.165) is 12.8 Å². The second kappa shape index (κ2) is 5.64. The predicted octanol–water partition coefficient (Wildman–Crippen LogP) is 3.78. The van der Waals surface area contributed by atoms with Crippen LogP contribution in [0, 0.1) is 29.0 Å². The minimum Gasteiger partial charge on any atom is -0.393 e. The summed E-state index contributed by atoms with van der Waals surface area (Å²) in [6.45, 7) is 0. The number of nitrogens with zero attached hydrogens (tertiary/aromatic N) is 2. The van der Waals surface area contributed by atoms with Crippen LogP contribution in [0.15, 0.2) is 30.7 Å². The highest BCUT2D eigenvalue weighted by Gasteiger charge is 2.65. The van der Waals surface area contributed by atoms with Gasteiger partial charge in [0.15, 0.2) is 0 Å². The van der Waals surface area contributed by atoms with Gasteiger partial charge in [-0.25, -0.2) is 18.2 Å². The summed E-state index contributed by atoms with van der Waals surface area (Å²) < 4.78 is 48.0. The van der Waals surface area contributed by atoms with Crippen LogP contribution in [-0.4, -0.2) is 37.9 Å². The number of fused-ring (bicyclic) bond motifs is 3. The van der Waals surface area contributed by atoms with Crippen LogP contribution in [0.25, 0.3) is 11.3 Å². The Labute approximate surface area is 166 Å². The van der Waals surface area contributed by atoms with Gasteiger partial charge in [-0.3, -0.25) is 0 Å². The third-order valence-corrected chi connectivity index (χ3v) is 8.13. The van der Waals surface area contributed by atoms with Crippen LogP contribution in [0.2, 0.25) is 0 Å². The monoisotopic (exact) mass is 404 g/mol. The van der Waals surface area contributed by atoms with Crippen LogP contribution in [0.3, 0.4) is 0 Å². The molecule has 7 heteroatoms. The molecule has 7 rings (SSSR count). The lowest BCUT2D eigenvalue weighted by Crippen LogP contribution is -2.62. The van der Waals surface area contributed by atoms with Gasteiger partial charge in [-0.15, -0.1) is 0 Å². The van der Waals surface area contributed by atoms with E-state index in [0.29, 0.717) is 30.5 Å². The molecule has 4 nitrogen and oxygen atoms in total. The summed E-state index contributed by atoms with van der Waals surface area (Å²) in [5.74, 6) is -4.03. The second-order valence-electron chi connectivity index (χ2n) is 9.69. The number of hydrogen-bond acceptors (Lipinski definition) is 3. The fraction of sp³-hybridized carbons (Fsp3) is 0.591. The predicted molar refractivity (Wildman–Crippen MR) is 98.7 cm³/mol. The highest BCUT2D eigenvalue weighted by molar-refractivity contribution is 5.69. The zero-order chi connectivity index (χ0) is 20.1. The van der Waals surface area contributed by atoms with Gasteiger partial charge in [0.2, 0.25) is 0 Å². The minimum atomic E-state index is -3.57. The first-order valence-electron chi connectivity index (χ1n) is 10.4. The maximum atomic E-state index is 16.0. The third-order valence-electron chi connectivity index (χ3n) is 8.13. The fourth-order valence-electron chi connectivity index (χ4n) is 7.23. The summed E-state index contributed by atoms with van der Waals surface area (Å²) in [4.78, 5) is 3.99. The maximum absolute atomic E-state index is 16.0. The van der Waals surface area contributed by atoms with Gasteiger partial charge >= 0.3 is 0 Å². The van der Waals surface area contributed by atoms with Crippen molar-refractivity contribution in [3.05, 3.63) is 42.1 Å². The van der Waals surface area contributed by atoms with Crippen LogP contribution in [0.5, 0.6) is 0 Å². The molecule has 7 atom stereocenters. The van der Waals surface area contributed by atoms with E-state index in [1.807, 2.05) is 0 Å². The zero-order valence-electron chi connectivity index (χ0n) is 15.8. The number of rotatable bonds is 3. The Balaban J connectivity index is 1.44. The number of aliphatic hydroxyl groups is 2. The normalized spacial score (nSPS) is 38.2. The molecule has 5 unspecified atom stereocenters. The highest BCUT2D eigenvalue weighted by atomic mass is 19.3. The lowest BCUT2D eigenvalue weighted by Gasteiger charge is -2.61. The van der Waals surface area contributed by atoms with E-state index in [9.17, 15) is 14.6 Å². The summed E-state index contributed by atoms with van der Waals surface area (Å²) in [5, 5.41) is 21.7. The molecule has 154 valence electrons. The lowest BCUT2D eigenvalue weighted by atomic mass is 9.46. The van der Waals surface area contributed by atoms with E-state index in [1.54, 1.807) is 6.07 Å². The lowest BCUT2D eigenvalue weighted by molar-refractivity contribution is -0.237. The van der Waals surface area contributed by atoms with Gasteiger partial charge in [0, 0.05) is 16.5 Å². The Hall–Kier alpha value is -1.86. The molecule has 2 N–H and O–H groups in total. The van der Waals surface area contributed by atoms with Crippen molar-refractivity contribution in [1.29, 1.82) is 0 Å². The topological polar surface area (TPSA) is 58.3 Å². The zero-order valence-corrected chi connectivity index (χ0v) is 15.8. The average Bonchev–Trinajstić information content (AvgIpc) is 3.26. The standard InChI is InChI=1S/C22H23F3N2O2/c23-15-3-1-2-14-16-9-26-10-27(16)19(17(14)15)22(24,25)20(29)21-6-11-4-12(7-21)18(28)13(5-11)8-21/h1-3,9-13,18-20,28-29H,4-8H2/t11?,12-,13?,18-,19?,20?,21?/m1/s1. The summed E-state index contributed by atoms with van der Waals surface area (Å²) in [6, 6.07) is 2.69. The number of benzene rings is 1. The van der Waals surface area contributed by atoms with Gasteiger partial charge in [-0.1, -0.05) is 12.1 Å². The SMILES string of the molecule is OC(C12CC3CC(C1)[C@H](O)[C@H](C3)C2)C(F)(F)C1c2c(F)cccc2-c2cncn21. The highest BCUT2D eigenvalue weighted by Crippen LogP contribution is 2.64. The van der Waals surface area contributed by atoms with Crippen molar-refractivity contribution < 1.29 is 23.4 Å². The van der Waals surface area contributed by atoms with Gasteiger partial charge in [-0.2, -0.15) is 0 Å². The van der Waals surface area contributed by atoms with Crippen LogP contribution in [0.4, 0.5) is 13.2 Å². The molecule has 5 aliphatic rings. The van der Waals surface area contributed by atoms with E-state index in [1.165, 1.54) is 29.2 Å². The number of alkyl halides is 2. The van der Waals surface area contributed by atoms with Gasteiger partial charge < -0.3 is 14.8 Å². The Morgan fingerprint density at radius 1 is 1.17 bits per heavy atom. The first kappa shape index (κ1) is 18.0. The van der Waals surface area contributed by atoms with Crippen LogP contribution in [0.1, 0.15) is 43.7 Å². The van der Waals surface area contributed by atoms with Crippen molar-refractivity contribution in [3.8, 4) is 11.3 Å². The molecule has 4 aliphatic carbocycles. The first-order valence-corrected chi connectivity index (χ1v) is 10.4. The average molecular weight is 404 g/mol. The number of aromatic nitrogens is 2. The van der Waals surface area contributed by atoms with E-state index in [2.05, 4.69) is 4.98 Å². The molecule has 2 aromatic rings. The molecule has 4 saturated carbocycles. The van der Waals surface area contributed by atoms with Crippen molar-refractivity contribution in [2.24, 2.45) is 23.2 Å². The molecule has 0 saturated heterocycles. The van der Waals surface area contributed by atoms with Crippen molar-refractivity contribution in [1.82, 2.24) is 9.55 Å². The molecule has 0 radical (unpaired) electrons. The number of aliphatic hydroxyl groups excluding tert-OH is 2. The number of halogens is 3. The smallest absolute Gasteiger partial charge is 0.298 e. The van der Waals surface area contributed by atoms with E-state index in [4.69, 9.17) is 0 Å². The Morgan fingerprint density at radius 3 is 2.62 bits per heavy atom. The molecule has 2 heterocycles. The molecule has 1 aliphatic heterocycles. The molecule has 4 fully saturated rings. The summed E-state index contributed by atoms with van der Waals surface area (Å²) in [7, 11) is 0. The number of hydrogen-bond donors (Lipinski definition) is 2. The van der Waals surface area contributed by atoms with Gasteiger partial charge in [0.1, 0.15) is 18.0 Å². The summed E-state index contributed by atoms with van der Waals surface area (Å²) in [6.07, 6.45) is 3.47. The van der Waals surface area contributed by atoms with Crippen molar-refractivity contribution in [2.45, 2.75) is 56.3 Å². The molecule has 1 aromatic carbocycles. The van der Waals surface area contributed by atoms with Crippen molar-refractivity contribution >= 4 is 0 Å². The van der Waals surface area contributed by atoms with E-state index in [-0.39, 0.29) is 23.3 Å². The third kappa shape index (κ3) is 2.20. The van der Waals surface area contributed by atoms with E-state index >= 15 is 8.78 Å². The van der Waals surface area contributed by atoms with Gasteiger partial charge in [0.25, 0.3) is 5.92 Å². The van der Waals surface area contributed by atoms with Crippen LogP contribution in [-0.2, 0) is 0 Å². The molecular weight excluding hydrogens is 381 g/mol. The molecule has 0 amide bonds. The van der Waals surface area contributed by atoms with Crippen molar-refractivity contribution in [2.75, 3.05) is 0 Å². The summed E-state index contributed by atoms with van der Waals surface area (Å²) in [5.41, 5.74) is -0.148. The Morgan fingerprint density at radius 2 is 1.90 bits per heavy atom. The van der Waals surface area contributed by atoms with E-state index < -0.39 is 35.4 Å². The van der Waals surface area contributed by atoms with Crippen LogP contribution < -0.4 is 0 Å². The minimum absolute atomic E-state index is 0.0249. The molecule has 0 spiro atoms.